The molecule has 1 unspecified atom stereocenters. The lowest BCUT2D eigenvalue weighted by atomic mass is 9.97. The van der Waals surface area contributed by atoms with E-state index in [1.807, 2.05) is 10.9 Å². The molecule has 0 aliphatic rings. The van der Waals surface area contributed by atoms with Crippen LogP contribution in [0.3, 0.4) is 0 Å². The first-order chi connectivity index (χ1) is 9.26. The number of nitrogens with zero attached hydrogens (tertiary/aromatic N) is 2. The minimum atomic E-state index is 0.233. The van der Waals surface area contributed by atoms with Gasteiger partial charge >= 0.3 is 0 Å². The highest BCUT2D eigenvalue weighted by atomic mass is 15.3. The van der Waals surface area contributed by atoms with E-state index in [2.05, 4.69) is 61.6 Å². The zero-order chi connectivity index (χ0) is 13.7. The van der Waals surface area contributed by atoms with Gasteiger partial charge < -0.3 is 5.32 Å². The van der Waals surface area contributed by atoms with Crippen molar-refractivity contribution in [1.82, 2.24) is 15.1 Å². The highest BCUT2D eigenvalue weighted by Crippen LogP contribution is 2.24. The number of aromatic nitrogens is 2. The maximum atomic E-state index is 4.44. The van der Waals surface area contributed by atoms with Crippen LogP contribution in [0.15, 0.2) is 36.7 Å². The minimum Gasteiger partial charge on any atom is -0.306 e. The first-order valence-electron chi connectivity index (χ1n) is 7.07. The van der Waals surface area contributed by atoms with E-state index in [1.54, 1.807) is 0 Å². The molecule has 3 heteroatoms. The van der Waals surface area contributed by atoms with E-state index in [1.165, 1.54) is 16.7 Å². The van der Waals surface area contributed by atoms with E-state index in [4.69, 9.17) is 0 Å². The van der Waals surface area contributed by atoms with Crippen molar-refractivity contribution in [2.24, 2.45) is 0 Å². The molecule has 0 radical (unpaired) electrons. The van der Waals surface area contributed by atoms with Gasteiger partial charge in [0.15, 0.2) is 0 Å². The summed E-state index contributed by atoms with van der Waals surface area (Å²) in [5.74, 6) is 0. The zero-order valence-electron chi connectivity index (χ0n) is 12.1. The molecule has 1 aromatic carbocycles. The molecule has 0 fully saturated rings. The molecule has 0 saturated heterocycles. The maximum absolute atomic E-state index is 4.44. The van der Waals surface area contributed by atoms with Crippen LogP contribution in [0.1, 0.15) is 43.0 Å². The van der Waals surface area contributed by atoms with Gasteiger partial charge in [0, 0.05) is 18.3 Å². The van der Waals surface area contributed by atoms with Crippen LogP contribution in [0.2, 0.25) is 0 Å². The standard InChI is InChI=1S/C16H23N3/c1-4-10-19-12-14(11-18-19)16(17-5-2)15-9-7-6-8-13(15)3/h6-9,11-12,16-17H,4-5,10H2,1-3H3. The molecule has 1 atom stereocenters. The molecule has 0 saturated carbocycles. The summed E-state index contributed by atoms with van der Waals surface area (Å²) in [5, 5.41) is 8.00. The number of hydrogen-bond acceptors (Lipinski definition) is 2. The van der Waals surface area contributed by atoms with Gasteiger partial charge in [-0.05, 0) is 31.0 Å². The van der Waals surface area contributed by atoms with Crippen LogP contribution in [0.5, 0.6) is 0 Å². The molecule has 0 amide bonds. The van der Waals surface area contributed by atoms with Crippen molar-refractivity contribution in [3.8, 4) is 0 Å². The average molecular weight is 257 g/mol. The van der Waals surface area contributed by atoms with Crippen LogP contribution < -0.4 is 5.32 Å². The third kappa shape index (κ3) is 3.24. The van der Waals surface area contributed by atoms with E-state index in [0.29, 0.717) is 0 Å². The zero-order valence-corrected chi connectivity index (χ0v) is 12.1. The number of aryl methyl sites for hydroxylation is 2. The van der Waals surface area contributed by atoms with Crippen molar-refractivity contribution in [3.63, 3.8) is 0 Å². The SMILES string of the molecule is CCCn1cc(C(NCC)c2ccccc2C)cn1. The molecule has 1 N–H and O–H groups in total. The normalized spacial score (nSPS) is 12.6. The predicted octanol–water partition coefficient (Wildman–Crippen LogP) is 3.30. The maximum Gasteiger partial charge on any atom is 0.0610 e. The molecule has 2 rings (SSSR count). The summed E-state index contributed by atoms with van der Waals surface area (Å²) in [6.07, 6.45) is 5.25. The third-order valence-corrected chi connectivity index (χ3v) is 3.35. The molecule has 0 aliphatic carbocycles. The van der Waals surface area contributed by atoms with Crippen molar-refractivity contribution in [2.75, 3.05) is 6.54 Å². The van der Waals surface area contributed by atoms with Gasteiger partial charge in [-0.15, -0.1) is 0 Å². The molecule has 19 heavy (non-hydrogen) atoms. The molecule has 0 spiro atoms. The Morgan fingerprint density at radius 3 is 2.74 bits per heavy atom. The molecule has 1 aromatic heterocycles. The first-order valence-corrected chi connectivity index (χ1v) is 7.07. The highest BCUT2D eigenvalue weighted by molar-refractivity contribution is 5.35. The molecular formula is C16H23N3. The lowest BCUT2D eigenvalue weighted by molar-refractivity contribution is 0.597. The summed E-state index contributed by atoms with van der Waals surface area (Å²) < 4.78 is 2.03. The lowest BCUT2D eigenvalue weighted by Crippen LogP contribution is -2.22. The fourth-order valence-corrected chi connectivity index (χ4v) is 2.40. The third-order valence-electron chi connectivity index (χ3n) is 3.35. The summed E-state index contributed by atoms with van der Waals surface area (Å²) in [6.45, 7) is 8.40. The van der Waals surface area contributed by atoms with Gasteiger partial charge in [-0.3, -0.25) is 4.68 Å². The summed E-state index contributed by atoms with van der Waals surface area (Å²) in [7, 11) is 0. The second kappa shape index (κ2) is 6.53. The van der Waals surface area contributed by atoms with Gasteiger partial charge in [-0.1, -0.05) is 38.1 Å². The van der Waals surface area contributed by atoms with E-state index in [9.17, 15) is 0 Å². The van der Waals surface area contributed by atoms with Crippen LogP contribution in [-0.4, -0.2) is 16.3 Å². The van der Waals surface area contributed by atoms with E-state index < -0.39 is 0 Å². The Labute approximate surface area is 115 Å². The van der Waals surface area contributed by atoms with Crippen LogP contribution in [0.4, 0.5) is 0 Å². The second-order valence-electron chi connectivity index (χ2n) is 4.88. The average Bonchev–Trinajstić information content (AvgIpc) is 2.86. The van der Waals surface area contributed by atoms with Crippen molar-refractivity contribution in [1.29, 1.82) is 0 Å². The Hall–Kier alpha value is -1.61. The fraction of sp³-hybridized carbons (Fsp3) is 0.438. The van der Waals surface area contributed by atoms with Gasteiger partial charge in [0.25, 0.3) is 0 Å². The summed E-state index contributed by atoms with van der Waals surface area (Å²) in [4.78, 5) is 0. The van der Waals surface area contributed by atoms with Gasteiger partial charge in [-0.2, -0.15) is 5.10 Å². The molecule has 1 heterocycles. The van der Waals surface area contributed by atoms with Crippen molar-refractivity contribution >= 4 is 0 Å². The van der Waals surface area contributed by atoms with Gasteiger partial charge in [0.05, 0.1) is 12.2 Å². The summed E-state index contributed by atoms with van der Waals surface area (Å²) in [5.41, 5.74) is 3.89. The van der Waals surface area contributed by atoms with Gasteiger partial charge in [-0.25, -0.2) is 0 Å². The molecular weight excluding hydrogens is 234 g/mol. The fourth-order valence-electron chi connectivity index (χ4n) is 2.40. The Morgan fingerprint density at radius 1 is 1.26 bits per heavy atom. The Balaban J connectivity index is 2.31. The number of rotatable bonds is 6. The number of benzene rings is 1. The number of nitrogens with one attached hydrogen (secondary N) is 1. The van der Waals surface area contributed by atoms with Gasteiger partial charge in [0.2, 0.25) is 0 Å². The minimum absolute atomic E-state index is 0.233. The monoisotopic (exact) mass is 257 g/mol. The van der Waals surface area contributed by atoms with Crippen LogP contribution in [0, 0.1) is 6.92 Å². The van der Waals surface area contributed by atoms with Crippen LogP contribution in [0.25, 0.3) is 0 Å². The van der Waals surface area contributed by atoms with Gasteiger partial charge in [0.1, 0.15) is 0 Å². The lowest BCUT2D eigenvalue weighted by Gasteiger charge is -2.19. The Bertz CT molecular complexity index is 516. The van der Waals surface area contributed by atoms with Crippen molar-refractivity contribution in [3.05, 3.63) is 53.3 Å². The Morgan fingerprint density at radius 2 is 2.05 bits per heavy atom. The second-order valence-corrected chi connectivity index (χ2v) is 4.88. The van der Waals surface area contributed by atoms with Crippen molar-refractivity contribution in [2.45, 2.75) is 39.8 Å². The quantitative estimate of drug-likeness (QED) is 0.860. The molecule has 2 aromatic rings. The summed E-state index contributed by atoms with van der Waals surface area (Å²) in [6, 6.07) is 8.78. The van der Waals surface area contributed by atoms with Crippen molar-refractivity contribution < 1.29 is 0 Å². The van der Waals surface area contributed by atoms with E-state index >= 15 is 0 Å². The van der Waals surface area contributed by atoms with E-state index in [-0.39, 0.29) is 6.04 Å². The molecule has 102 valence electrons. The topological polar surface area (TPSA) is 29.9 Å². The molecule has 3 nitrogen and oxygen atoms in total. The molecule has 0 aliphatic heterocycles. The Kier molecular flexibility index (Phi) is 4.74. The first kappa shape index (κ1) is 13.8. The smallest absolute Gasteiger partial charge is 0.0610 e. The summed E-state index contributed by atoms with van der Waals surface area (Å²) >= 11 is 0. The van der Waals surface area contributed by atoms with Crippen LogP contribution in [-0.2, 0) is 6.54 Å². The largest absolute Gasteiger partial charge is 0.306 e. The highest BCUT2D eigenvalue weighted by Gasteiger charge is 2.16. The predicted molar refractivity (Wildman–Crippen MR) is 79.2 cm³/mol. The van der Waals surface area contributed by atoms with E-state index in [0.717, 1.165) is 19.5 Å². The number of hydrogen-bond donors (Lipinski definition) is 1. The molecule has 0 bridgehead atoms. The van der Waals surface area contributed by atoms with Crippen LogP contribution >= 0.6 is 0 Å².